The lowest BCUT2D eigenvalue weighted by atomic mass is 9.90. The zero-order chi connectivity index (χ0) is 19.1. The Morgan fingerprint density at radius 1 is 1.12 bits per heavy atom. The van der Waals surface area contributed by atoms with E-state index in [4.69, 9.17) is 4.74 Å². The molecule has 0 aromatic heterocycles. The lowest BCUT2D eigenvalue weighted by molar-refractivity contribution is -0.137. The van der Waals surface area contributed by atoms with Gasteiger partial charge in [-0.15, -0.1) is 0 Å². The maximum absolute atomic E-state index is 12.8. The Kier molecular flexibility index (Phi) is 4.19. The fourth-order valence-electron chi connectivity index (χ4n) is 2.47. The van der Waals surface area contributed by atoms with Crippen LogP contribution in [0, 0.1) is 0 Å². The second-order valence-corrected chi connectivity index (χ2v) is 5.43. The largest absolute Gasteiger partial charge is 0.513 e. The van der Waals surface area contributed by atoms with Gasteiger partial charge in [-0.2, -0.15) is 13.2 Å². The topological polar surface area (TPSA) is 72.8 Å². The number of halogens is 3. The van der Waals surface area contributed by atoms with E-state index in [2.05, 4.69) is 4.74 Å². The van der Waals surface area contributed by atoms with Crippen LogP contribution in [-0.2, 0) is 15.7 Å². The Morgan fingerprint density at radius 2 is 1.85 bits per heavy atom. The molecule has 0 heterocycles. The molecular weight excluding hydrogens is 353 g/mol. The van der Waals surface area contributed by atoms with Crippen LogP contribution in [0.1, 0.15) is 32.6 Å². The van der Waals surface area contributed by atoms with Crippen LogP contribution in [-0.4, -0.2) is 24.2 Å². The van der Waals surface area contributed by atoms with E-state index in [-0.39, 0.29) is 16.9 Å². The highest BCUT2D eigenvalue weighted by atomic mass is 19.4. The van der Waals surface area contributed by atoms with E-state index < -0.39 is 29.4 Å². The van der Waals surface area contributed by atoms with Crippen molar-refractivity contribution in [3.63, 3.8) is 0 Å². The van der Waals surface area contributed by atoms with Gasteiger partial charge in [0.1, 0.15) is 11.5 Å². The minimum atomic E-state index is -4.58. The second-order valence-electron chi connectivity index (χ2n) is 5.43. The molecule has 1 aliphatic carbocycles. The average Bonchev–Trinajstić information content (AvgIpc) is 2.60. The van der Waals surface area contributed by atoms with Gasteiger partial charge in [0, 0.05) is 11.1 Å². The van der Waals surface area contributed by atoms with Crippen LogP contribution in [0.15, 0.2) is 36.4 Å². The normalized spacial score (nSPS) is 12.5. The number of phenolic OH excluding ortho intramolecular Hbond substituents is 1. The van der Waals surface area contributed by atoms with Crippen LogP contribution in [0.4, 0.5) is 18.0 Å². The third-order valence-corrected chi connectivity index (χ3v) is 3.78. The number of aromatic hydroxyl groups is 1. The van der Waals surface area contributed by atoms with Crippen molar-refractivity contribution in [2.75, 3.05) is 7.11 Å². The summed E-state index contributed by atoms with van der Waals surface area (Å²) in [6.45, 7) is 0. The first-order valence-corrected chi connectivity index (χ1v) is 7.27. The highest BCUT2D eigenvalue weighted by Gasteiger charge is 2.31. The number of fused-ring (bicyclic) bond motifs is 1. The van der Waals surface area contributed by atoms with Crippen molar-refractivity contribution in [1.82, 2.24) is 0 Å². The van der Waals surface area contributed by atoms with Crippen LogP contribution in [0.2, 0.25) is 0 Å². The minimum absolute atomic E-state index is 0.153. The Hall–Kier alpha value is -3.29. The number of ether oxygens (including phenoxy) is 2. The fraction of sp³-hybridized carbons (Fsp3) is 0.111. The predicted octanol–water partition coefficient (Wildman–Crippen LogP) is 4.24. The van der Waals surface area contributed by atoms with Gasteiger partial charge in [-0.25, -0.2) is 4.79 Å². The molecule has 0 unspecified atom stereocenters. The van der Waals surface area contributed by atoms with Crippen LogP contribution < -0.4 is 0 Å². The summed E-state index contributed by atoms with van der Waals surface area (Å²) in [5.74, 6) is -1.04. The first-order valence-electron chi connectivity index (χ1n) is 7.27. The zero-order valence-electron chi connectivity index (χ0n) is 13.3. The van der Waals surface area contributed by atoms with Gasteiger partial charge < -0.3 is 14.6 Å². The zero-order valence-corrected chi connectivity index (χ0v) is 13.3. The molecule has 0 amide bonds. The number of hydrogen-bond acceptors (Lipinski definition) is 5. The van der Waals surface area contributed by atoms with Gasteiger partial charge in [0.15, 0.2) is 5.78 Å². The highest BCUT2D eigenvalue weighted by Crippen LogP contribution is 2.38. The smallest absolute Gasteiger partial charge is 0.507 e. The van der Waals surface area contributed by atoms with Crippen molar-refractivity contribution in [3.8, 4) is 5.75 Å². The Morgan fingerprint density at radius 3 is 2.50 bits per heavy atom. The third kappa shape index (κ3) is 3.13. The summed E-state index contributed by atoms with van der Waals surface area (Å²) in [4.78, 5) is 23.6. The molecule has 0 atom stereocenters. The van der Waals surface area contributed by atoms with E-state index in [0.717, 1.165) is 25.3 Å². The van der Waals surface area contributed by atoms with Gasteiger partial charge in [-0.05, 0) is 35.9 Å². The molecule has 5 nitrogen and oxygen atoms in total. The maximum Gasteiger partial charge on any atom is 0.513 e. The number of alkyl halides is 3. The lowest BCUT2D eigenvalue weighted by Crippen LogP contribution is -2.12. The number of rotatable bonds is 3. The lowest BCUT2D eigenvalue weighted by Gasteiger charge is -2.20. The SMILES string of the molecule is COC(=O)OC1=Cc2cc(C(=O)c3cccc(C(F)(F)F)c3)c(O)cc21. The molecule has 0 bridgehead atoms. The number of phenols is 1. The molecule has 2 aromatic rings. The first kappa shape index (κ1) is 17.5. The van der Waals surface area contributed by atoms with Crippen molar-refractivity contribution in [3.05, 3.63) is 64.2 Å². The first-order chi connectivity index (χ1) is 12.2. The Bertz CT molecular complexity index is 944. The van der Waals surface area contributed by atoms with Crippen molar-refractivity contribution < 1.29 is 37.3 Å². The average molecular weight is 364 g/mol. The second kappa shape index (κ2) is 6.21. The van der Waals surface area contributed by atoms with E-state index in [9.17, 15) is 27.9 Å². The number of methoxy groups -OCH3 is 1. The monoisotopic (exact) mass is 364 g/mol. The van der Waals surface area contributed by atoms with Crippen LogP contribution >= 0.6 is 0 Å². The van der Waals surface area contributed by atoms with E-state index in [1.807, 2.05) is 0 Å². The molecule has 8 heteroatoms. The number of carbonyl (C=O) groups is 2. The summed E-state index contributed by atoms with van der Waals surface area (Å²) < 4.78 is 47.6. The summed E-state index contributed by atoms with van der Waals surface area (Å²) in [5, 5.41) is 10.1. The fourth-order valence-corrected chi connectivity index (χ4v) is 2.47. The molecule has 0 saturated carbocycles. The van der Waals surface area contributed by atoms with Gasteiger partial charge in [-0.1, -0.05) is 12.1 Å². The Balaban J connectivity index is 1.91. The molecule has 2 aromatic carbocycles. The molecule has 26 heavy (non-hydrogen) atoms. The number of ketones is 1. The summed E-state index contributed by atoms with van der Waals surface area (Å²) in [5.41, 5.74) is -0.438. The van der Waals surface area contributed by atoms with E-state index in [0.29, 0.717) is 11.1 Å². The van der Waals surface area contributed by atoms with Gasteiger partial charge in [-0.3, -0.25) is 4.79 Å². The molecule has 1 N–H and O–H groups in total. The molecular formula is C18H11F3O5. The molecule has 0 aliphatic heterocycles. The quantitative estimate of drug-likeness (QED) is 0.652. The van der Waals surface area contributed by atoms with Crippen molar-refractivity contribution in [1.29, 1.82) is 0 Å². The predicted molar refractivity (Wildman–Crippen MR) is 84.3 cm³/mol. The van der Waals surface area contributed by atoms with E-state index in [1.54, 1.807) is 0 Å². The number of carbonyl (C=O) groups excluding carboxylic acids is 2. The molecule has 0 fully saturated rings. The van der Waals surface area contributed by atoms with Crippen molar-refractivity contribution >= 4 is 23.8 Å². The molecule has 0 spiro atoms. The highest BCUT2D eigenvalue weighted by molar-refractivity contribution is 6.12. The van der Waals surface area contributed by atoms with E-state index in [1.165, 1.54) is 24.3 Å². The molecule has 3 rings (SSSR count). The van der Waals surface area contributed by atoms with Crippen LogP contribution in [0.5, 0.6) is 5.75 Å². The van der Waals surface area contributed by atoms with Crippen molar-refractivity contribution in [2.45, 2.75) is 6.18 Å². The molecule has 0 saturated heterocycles. The van der Waals surface area contributed by atoms with Gasteiger partial charge in [0.2, 0.25) is 0 Å². The van der Waals surface area contributed by atoms with E-state index >= 15 is 0 Å². The minimum Gasteiger partial charge on any atom is -0.507 e. The van der Waals surface area contributed by atoms with Gasteiger partial charge in [0.05, 0.1) is 18.2 Å². The van der Waals surface area contributed by atoms with Crippen molar-refractivity contribution in [2.24, 2.45) is 0 Å². The Labute approximate surface area is 145 Å². The number of benzene rings is 2. The summed E-state index contributed by atoms with van der Waals surface area (Å²) >= 11 is 0. The van der Waals surface area contributed by atoms with Gasteiger partial charge >= 0.3 is 12.3 Å². The van der Waals surface area contributed by atoms with Crippen LogP contribution in [0.25, 0.3) is 11.8 Å². The standard InChI is InChI=1S/C18H11F3O5/c1-25-17(24)26-15-7-10-6-13(14(22)8-12(10)15)16(23)9-3-2-4-11(5-9)18(19,20)21/h2-8,22H,1H3. The summed E-state index contributed by atoms with van der Waals surface area (Å²) in [6.07, 6.45) is -4.08. The summed E-state index contributed by atoms with van der Waals surface area (Å²) in [7, 11) is 1.14. The third-order valence-electron chi connectivity index (χ3n) is 3.78. The molecule has 0 radical (unpaired) electrons. The molecule has 134 valence electrons. The van der Waals surface area contributed by atoms with Gasteiger partial charge in [0.25, 0.3) is 0 Å². The molecule has 1 aliphatic rings. The van der Waals surface area contributed by atoms with Crippen LogP contribution in [0.3, 0.4) is 0 Å². The summed E-state index contributed by atoms with van der Waals surface area (Å²) in [6, 6.07) is 6.45. The number of hydrogen-bond donors (Lipinski definition) is 1. The maximum atomic E-state index is 12.8.